The van der Waals surface area contributed by atoms with Crippen LogP contribution < -0.4 is 0 Å². The largest absolute Gasteiger partial charge is 0.481 e. The highest BCUT2D eigenvalue weighted by Gasteiger charge is 1.96. The first-order valence-electron chi connectivity index (χ1n) is 5.72. The summed E-state index contributed by atoms with van der Waals surface area (Å²) in [6.07, 6.45) is 7.98. The number of allylic oxidation sites excluding steroid dienone is 1. The van der Waals surface area contributed by atoms with E-state index in [2.05, 4.69) is 0 Å². The molecule has 0 aliphatic carbocycles. The fraction of sp³-hybridized carbons (Fsp3) is 0.667. The van der Waals surface area contributed by atoms with Crippen molar-refractivity contribution in [2.24, 2.45) is 0 Å². The molecule has 0 bridgehead atoms. The zero-order valence-corrected chi connectivity index (χ0v) is 9.78. The average Bonchev–Trinajstić information content (AvgIpc) is 2.22. The number of ether oxygens (including phenoxy) is 1. The monoisotopic (exact) mass is 228 g/mol. The minimum atomic E-state index is -0.734. The molecule has 16 heavy (non-hydrogen) atoms. The van der Waals surface area contributed by atoms with Gasteiger partial charge in [0, 0.05) is 12.5 Å². The summed E-state index contributed by atoms with van der Waals surface area (Å²) >= 11 is 0. The predicted molar refractivity (Wildman–Crippen MR) is 61.1 cm³/mol. The van der Waals surface area contributed by atoms with Crippen LogP contribution in [0.2, 0.25) is 0 Å². The molecule has 0 unspecified atom stereocenters. The number of aliphatic carboxylic acids is 1. The molecule has 0 aromatic rings. The van der Waals surface area contributed by atoms with Gasteiger partial charge in [-0.25, -0.2) is 4.79 Å². The number of carbonyl (C=O) groups is 2. The second-order valence-corrected chi connectivity index (χ2v) is 3.50. The highest BCUT2D eigenvalue weighted by Crippen LogP contribution is 2.05. The van der Waals surface area contributed by atoms with Crippen molar-refractivity contribution in [3.8, 4) is 0 Å². The van der Waals surface area contributed by atoms with E-state index in [1.165, 1.54) is 6.08 Å². The molecule has 0 rings (SSSR count). The topological polar surface area (TPSA) is 63.6 Å². The Balaban J connectivity index is 3.26. The number of carboxylic acids is 1. The van der Waals surface area contributed by atoms with Crippen molar-refractivity contribution in [2.45, 2.75) is 45.4 Å². The highest BCUT2D eigenvalue weighted by atomic mass is 16.5. The van der Waals surface area contributed by atoms with Gasteiger partial charge in [0.05, 0.1) is 6.61 Å². The van der Waals surface area contributed by atoms with Crippen molar-refractivity contribution < 1.29 is 19.4 Å². The van der Waals surface area contributed by atoms with Crippen molar-refractivity contribution >= 4 is 11.9 Å². The maximum atomic E-state index is 10.9. The van der Waals surface area contributed by atoms with Gasteiger partial charge in [-0.15, -0.1) is 0 Å². The molecule has 0 aliphatic heterocycles. The van der Waals surface area contributed by atoms with Crippen LogP contribution in [0.4, 0.5) is 0 Å². The van der Waals surface area contributed by atoms with Crippen LogP contribution in [-0.4, -0.2) is 23.7 Å². The van der Waals surface area contributed by atoms with E-state index in [0.29, 0.717) is 6.61 Å². The Labute approximate surface area is 96.3 Å². The van der Waals surface area contributed by atoms with Crippen LogP contribution >= 0.6 is 0 Å². The van der Waals surface area contributed by atoms with E-state index in [4.69, 9.17) is 9.84 Å². The van der Waals surface area contributed by atoms with Gasteiger partial charge in [-0.05, 0) is 26.2 Å². The first-order chi connectivity index (χ1) is 7.66. The molecular formula is C12H20O4. The van der Waals surface area contributed by atoms with Gasteiger partial charge in [0.2, 0.25) is 0 Å². The fourth-order valence-corrected chi connectivity index (χ4v) is 1.26. The second kappa shape index (κ2) is 10.2. The van der Waals surface area contributed by atoms with Crippen molar-refractivity contribution in [1.82, 2.24) is 0 Å². The summed E-state index contributed by atoms with van der Waals surface area (Å²) in [6, 6.07) is 0. The Morgan fingerprint density at radius 2 is 1.88 bits per heavy atom. The zero-order valence-electron chi connectivity index (χ0n) is 9.78. The van der Waals surface area contributed by atoms with Crippen LogP contribution in [0.5, 0.6) is 0 Å². The number of unbranched alkanes of at least 4 members (excludes halogenated alkanes) is 4. The van der Waals surface area contributed by atoms with Crippen molar-refractivity contribution in [3.05, 3.63) is 12.2 Å². The third kappa shape index (κ3) is 10.8. The molecule has 0 amide bonds. The lowest BCUT2D eigenvalue weighted by Gasteiger charge is -1.97. The molecule has 0 aromatic carbocycles. The van der Waals surface area contributed by atoms with Crippen molar-refractivity contribution in [3.63, 3.8) is 0 Å². The van der Waals surface area contributed by atoms with Crippen LogP contribution in [0, 0.1) is 0 Å². The summed E-state index contributed by atoms with van der Waals surface area (Å²) < 4.78 is 4.72. The summed E-state index contributed by atoms with van der Waals surface area (Å²) in [5.74, 6) is -1.03. The Bertz CT molecular complexity index is 233. The normalized spacial score (nSPS) is 10.6. The van der Waals surface area contributed by atoms with Crippen LogP contribution in [0.25, 0.3) is 0 Å². The molecule has 0 saturated carbocycles. The summed E-state index contributed by atoms with van der Waals surface area (Å²) in [5, 5.41) is 8.40. The second-order valence-electron chi connectivity index (χ2n) is 3.50. The Morgan fingerprint density at radius 1 is 1.19 bits per heavy atom. The maximum absolute atomic E-state index is 10.9. The van der Waals surface area contributed by atoms with E-state index in [0.717, 1.165) is 32.1 Å². The minimum absolute atomic E-state index is 0.249. The maximum Gasteiger partial charge on any atom is 0.330 e. The molecule has 1 N–H and O–H groups in total. The molecule has 92 valence electrons. The molecule has 0 saturated heterocycles. The zero-order chi connectivity index (χ0) is 12.2. The molecule has 0 fully saturated rings. The summed E-state index contributed by atoms with van der Waals surface area (Å²) in [7, 11) is 0. The fourth-order valence-electron chi connectivity index (χ4n) is 1.26. The van der Waals surface area contributed by atoms with Gasteiger partial charge in [-0.2, -0.15) is 0 Å². The molecule has 0 atom stereocenters. The molecule has 4 nitrogen and oxygen atoms in total. The Hall–Kier alpha value is -1.32. The van der Waals surface area contributed by atoms with E-state index in [1.54, 1.807) is 13.0 Å². The number of carboxylic acid groups (broad SMARTS) is 1. The van der Waals surface area contributed by atoms with Crippen LogP contribution in [0.3, 0.4) is 0 Å². The van der Waals surface area contributed by atoms with E-state index in [1.807, 2.05) is 0 Å². The summed E-state index contributed by atoms with van der Waals surface area (Å²) in [4.78, 5) is 21.1. The molecular weight excluding hydrogens is 208 g/mol. The van der Waals surface area contributed by atoms with Crippen LogP contribution in [0.1, 0.15) is 45.4 Å². The smallest absolute Gasteiger partial charge is 0.330 e. The van der Waals surface area contributed by atoms with E-state index in [9.17, 15) is 9.59 Å². The van der Waals surface area contributed by atoms with Crippen LogP contribution in [0.15, 0.2) is 12.2 Å². The lowest BCUT2D eigenvalue weighted by atomic mass is 10.1. The third-order valence-electron chi connectivity index (χ3n) is 2.05. The standard InChI is InChI=1S/C12H20O4/c1-2-16-12(15)10-8-6-4-3-5-7-9-11(13)14/h8,10H,2-7,9H2,1H3,(H,13,14)/b10-8+. The average molecular weight is 228 g/mol. The van der Waals surface area contributed by atoms with Crippen LogP contribution in [-0.2, 0) is 14.3 Å². The third-order valence-corrected chi connectivity index (χ3v) is 2.05. The predicted octanol–water partition coefficient (Wildman–Crippen LogP) is 2.53. The Kier molecular flexibility index (Phi) is 9.36. The number of hydrogen-bond acceptors (Lipinski definition) is 3. The molecule has 0 heterocycles. The Morgan fingerprint density at radius 3 is 2.50 bits per heavy atom. The first-order valence-corrected chi connectivity index (χ1v) is 5.72. The molecule has 0 aliphatic rings. The van der Waals surface area contributed by atoms with Gasteiger partial charge in [0.15, 0.2) is 0 Å². The molecule has 0 radical (unpaired) electrons. The number of rotatable bonds is 9. The highest BCUT2D eigenvalue weighted by molar-refractivity contribution is 5.81. The molecule has 0 spiro atoms. The SMILES string of the molecule is CCOC(=O)/C=C/CCCCCCC(=O)O. The number of esters is 1. The van der Waals surface area contributed by atoms with Gasteiger partial charge in [0.25, 0.3) is 0 Å². The van der Waals surface area contributed by atoms with Gasteiger partial charge >= 0.3 is 11.9 Å². The van der Waals surface area contributed by atoms with Gasteiger partial charge in [-0.3, -0.25) is 4.79 Å². The van der Waals surface area contributed by atoms with E-state index >= 15 is 0 Å². The van der Waals surface area contributed by atoms with Gasteiger partial charge in [-0.1, -0.05) is 18.9 Å². The quantitative estimate of drug-likeness (QED) is 0.374. The first kappa shape index (κ1) is 14.7. The van der Waals surface area contributed by atoms with Crippen molar-refractivity contribution in [1.29, 1.82) is 0 Å². The van der Waals surface area contributed by atoms with Crippen molar-refractivity contribution in [2.75, 3.05) is 6.61 Å². The molecule has 0 aromatic heterocycles. The minimum Gasteiger partial charge on any atom is -0.481 e. The van der Waals surface area contributed by atoms with E-state index < -0.39 is 5.97 Å². The lowest BCUT2D eigenvalue weighted by Crippen LogP contribution is -1.98. The summed E-state index contributed by atoms with van der Waals surface area (Å²) in [5.41, 5.74) is 0. The number of carbonyl (C=O) groups excluding carboxylic acids is 1. The summed E-state index contributed by atoms with van der Waals surface area (Å²) in [6.45, 7) is 2.17. The molecule has 4 heteroatoms. The van der Waals surface area contributed by atoms with Gasteiger partial charge < -0.3 is 9.84 Å². The van der Waals surface area contributed by atoms with E-state index in [-0.39, 0.29) is 12.4 Å². The van der Waals surface area contributed by atoms with Gasteiger partial charge in [0.1, 0.15) is 0 Å². The number of hydrogen-bond donors (Lipinski definition) is 1. The lowest BCUT2D eigenvalue weighted by molar-refractivity contribution is -0.138.